The van der Waals surface area contributed by atoms with Gasteiger partial charge in [-0.2, -0.15) is 5.26 Å². The summed E-state index contributed by atoms with van der Waals surface area (Å²) in [6, 6.07) is 2.26. The number of thiophene rings is 1. The van der Waals surface area contributed by atoms with E-state index in [1.165, 1.54) is 11.3 Å². The number of hydrogen-bond donors (Lipinski definition) is 2. The molecule has 1 aliphatic carbocycles. The maximum atomic E-state index is 12.2. The molecule has 1 aromatic heterocycles. The summed E-state index contributed by atoms with van der Waals surface area (Å²) in [6.07, 6.45) is 6.01. The molecule has 0 spiro atoms. The Hall–Kier alpha value is -1.38. The van der Waals surface area contributed by atoms with Crippen LogP contribution in [0.3, 0.4) is 0 Å². The number of hydrogen-bond acceptors (Lipinski definition) is 4. The minimum Gasteiger partial charge on any atom is -0.318 e. The normalized spacial score (nSPS) is 17.5. The number of nitrogens with two attached hydrogens (primary N) is 1. The first-order chi connectivity index (χ1) is 9.49. The highest BCUT2D eigenvalue weighted by Crippen LogP contribution is 2.37. The highest BCUT2D eigenvalue weighted by Gasteiger charge is 2.28. The van der Waals surface area contributed by atoms with E-state index in [2.05, 4.69) is 11.4 Å². The Bertz CT molecular complexity index is 554. The van der Waals surface area contributed by atoms with Gasteiger partial charge in [0.25, 0.3) is 0 Å². The summed E-state index contributed by atoms with van der Waals surface area (Å²) >= 11 is 1.54. The Labute approximate surface area is 124 Å². The zero-order valence-electron chi connectivity index (χ0n) is 12.1. The molecule has 4 nitrogen and oxygen atoms in total. The van der Waals surface area contributed by atoms with Crippen LogP contribution in [0.5, 0.6) is 0 Å². The fourth-order valence-electron chi connectivity index (χ4n) is 2.36. The molecule has 1 atom stereocenters. The van der Waals surface area contributed by atoms with E-state index in [1.807, 2.05) is 6.92 Å². The summed E-state index contributed by atoms with van der Waals surface area (Å²) in [5.41, 5.74) is 6.85. The van der Waals surface area contributed by atoms with Crippen molar-refractivity contribution < 1.29 is 4.79 Å². The van der Waals surface area contributed by atoms with Crippen molar-refractivity contribution >= 4 is 22.2 Å². The molecule has 0 aliphatic heterocycles. The molecule has 0 radical (unpaired) electrons. The van der Waals surface area contributed by atoms with Crippen molar-refractivity contribution in [2.24, 2.45) is 5.73 Å². The molecule has 1 aromatic rings. The van der Waals surface area contributed by atoms with Gasteiger partial charge in [-0.15, -0.1) is 11.3 Å². The van der Waals surface area contributed by atoms with Crippen LogP contribution in [0.1, 0.15) is 55.5 Å². The van der Waals surface area contributed by atoms with Crippen molar-refractivity contribution in [3.63, 3.8) is 0 Å². The topological polar surface area (TPSA) is 78.9 Å². The molecular weight excluding hydrogens is 270 g/mol. The number of carbonyl (C=O) groups is 1. The highest BCUT2D eigenvalue weighted by atomic mass is 32.1. The van der Waals surface area contributed by atoms with Gasteiger partial charge in [-0.1, -0.05) is 13.3 Å². The molecule has 0 bridgehead atoms. The van der Waals surface area contributed by atoms with Crippen LogP contribution in [0.15, 0.2) is 0 Å². The molecule has 1 amide bonds. The number of aryl methyl sites for hydroxylation is 1. The van der Waals surface area contributed by atoms with Gasteiger partial charge in [-0.25, -0.2) is 0 Å². The lowest BCUT2D eigenvalue weighted by molar-refractivity contribution is -0.120. The second-order valence-corrected chi connectivity index (χ2v) is 6.71. The molecular formula is C15H21N3OS. The van der Waals surface area contributed by atoms with Gasteiger partial charge in [0.2, 0.25) is 5.91 Å². The van der Waals surface area contributed by atoms with Crippen molar-refractivity contribution in [1.29, 1.82) is 5.26 Å². The Morgan fingerprint density at radius 1 is 1.45 bits per heavy atom. The number of amides is 1. The summed E-state index contributed by atoms with van der Waals surface area (Å²) < 4.78 is 0. The summed E-state index contributed by atoms with van der Waals surface area (Å²) in [5.74, 6) is -0.215. The summed E-state index contributed by atoms with van der Waals surface area (Å²) in [4.78, 5) is 13.4. The van der Waals surface area contributed by atoms with Crippen LogP contribution in [0, 0.1) is 11.3 Å². The fraction of sp³-hybridized carbons (Fsp3) is 0.600. The Balaban J connectivity index is 2.30. The molecule has 20 heavy (non-hydrogen) atoms. The molecule has 0 saturated heterocycles. The number of anilines is 1. The van der Waals surface area contributed by atoms with Crippen molar-refractivity contribution in [3.05, 3.63) is 16.0 Å². The zero-order valence-corrected chi connectivity index (χ0v) is 12.9. The van der Waals surface area contributed by atoms with Gasteiger partial charge in [0, 0.05) is 4.88 Å². The van der Waals surface area contributed by atoms with Gasteiger partial charge in [0.1, 0.15) is 11.1 Å². The molecule has 2 rings (SSSR count). The van der Waals surface area contributed by atoms with Gasteiger partial charge < -0.3 is 11.1 Å². The number of carbonyl (C=O) groups excluding carboxylic acids is 1. The van der Waals surface area contributed by atoms with Gasteiger partial charge >= 0.3 is 0 Å². The van der Waals surface area contributed by atoms with E-state index in [9.17, 15) is 10.1 Å². The van der Waals surface area contributed by atoms with E-state index >= 15 is 0 Å². The second kappa shape index (κ2) is 5.94. The van der Waals surface area contributed by atoms with Crippen LogP contribution in [0.25, 0.3) is 0 Å². The molecule has 108 valence electrons. The summed E-state index contributed by atoms with van der Waals surface area (Å²) in [5, 5.41) is 12.9. The van der Waals surface area contributed by atoms with E-state index in [1.54, 1.807) is 18.3 Å². The van der Waals surface area contributed by atoms with Crippen LogP contribution in [0.4, 0.5) is 5.00 Å². The van der Waals surface area contributed by atoms with E-state index in [-0.39, 0.29) is 5.91 Å². The summed E-state index contributed by atoms with van der Waals surface area (Å²) in [7, 11) is 0. The largest absolute Gasteiger partial charge is 0.318 e. The lowest BCUT2D eigenvalue weighted by Crippen LogP contribution is -2.47. The van der Waals surface area contributed by atoms with Gasteiger partial charge in [-0.3, -0.25) is 4.79 Å². The molecule has 0 aromatic carbocycles. The average Bonchev–Trinajstić information content (AvgIpc) is 2.59. The van der Waals surface area contributed by atoms with E-state index in [4.69, 9.17) is 5.73 Å². The first-order valence-electron chi connectivity index (χ1n) is 7.14. The lowest BCUT2D eigenvalue weighted by Gasteiger charge is -2.21. The first-order valence-corrected chi connectivity index (χ1v) is 7.96. The molecule has 3 N–H and O–H groups in total. The molecule has 0 fully saturated rings. The van der Waals surface area contributed by atoms with Crippen LogP contribution in [-0.4, -0.2) is 11.4 Å². The number of rotatable bonds is 3. The molecule has 1 heterocycles. The number of nitrogens with one attached hydrogen (secondary N) is 1. The molecule has 0 saturated carbocycles. The van der Waals surface area contributed by atoms with Crippen LogP contribution in [0.2, 0.25) is 0 Å². The Morgan fingerprint density at radius 2 is 2.15 bits per heavy atom. The second-order valence-electron chi connectivity index (χ2n) is 5.61. The molecule has 1 aliphatic rings. The first kappa shape index (κ1) is 15.0. The van der Waals surface area contributed by atoms with Gasteiger partial charge in [0.15, 0.2) is 0 Å². The minimum absolute atomic E-state index is 0.215. The van der Waals surface area contributed by atoms with Crippen LogP contribution >= 0.6 is 11.3 Å². The maximum Gasteiger partial charge on any atom is 0.244 e. The maximum absolute atomic E-state index is 12.2. The van der Waals surface area contributed by atoms with E-state index in [0.29, 0.717) is 17.0 Å². The van der Waals surface area contributed by atoms with Crippen molar-refractivity contribution in [3.8, 4) is 6.07 Å². The third-order valence-corrected chi connectivity index (χ3v) is 5.22. The monoisotopic (exact) mass is 291 g/mol. The highest BCUT2D eigenvalue weighted by molar-refractivity contribution is 7.16. The molecule has 1 unspecified atom stereocenters. The zero-order chi connectivity index (χ0) is 14.8. The fourth-order valence-corrected chi connectivity index (χ4v) is 3.59. The Kier molecular flexibility index (Phi) is 4.46. The van der Waals surface area contributed by atoms with Gasteiger partial charge in [0.05, 0.1) is 11.1 Å². The van der Waals surface area contributed by atoms with Crippen LogP contribution < -0.4 is 11.1 Å². The van der Waals surface area contributed by atoms with E-state index in [0.717, 1.165) is 31.2 Å². The molecule has 5 heteroatoms. The van der Waals surface area contributed by atoms with Crippen molar-refractivity contribution in [1.82, 2.24) is 0 Å². The minimum atomic E-state index is -0.895. The quantitative estimate of drug-likeness (QED) is 0.840. The number of nitriles is 1. The van der Waals surface area contributed by atoms with E-state index < -0.39 is 5.54 Å². The summed E-state index contributed by atoms with van der Waals surface area (Å²) in [6.45, 7) is 3.60. The number of fused-ring (bicyclic) bond motifs is 1. The standard InChI is InChI=1S/C15H21N3OS/c1-3-15(2,17)14(19)18-13-11(9-16)10-7-5-4-6-8-12(10)20-13/h3-8,17H2,1-2H3,(H,18,19). The predicted octanol–water partition coefficient (Wildman–Crippen LogP) is 2.95. The predicted molar refractivity (Wildman–Crippen MR) is 81.8 cm³/mol. The average molecular weight is 291 g/mol. The SMILES string of the molecule is CCC(C)(N)C(=O)Nc1sc2c(c1C#N)CCCCC2. The van der Waals surface area contributed by atoms with Crippen molar-refractivity contribution in [2.75, 3.05) is 5.32 Å². The lowest BCUT2D eigenvalue weighted by atomic mass is 9.99. The van der Waals surface area contributed by atoms with Gasteiger partial charge in [-0.05, 0) is 44.6 Å². The third-order valence-electron chi connectivity index (χ3n) is 4.01. The smallest absolute Gasteiger partial charge is 0.244 e. The Morgan fingerprint density at radius 3 is 2.80 bits per heavy atom. The van der Waals surface area contributed by atoms with Crippen molar-refractivity contribution in [2.45, 2.75) is 57.9 Å². The number of nitrogens with zero attached hydrogens (tertiary/aromatic N) is 1. The van der Waals surface area contributed by atoms with Crippen LogP contribution in [-0.2, 0) is 17.6 Å². The third kappa shape index (κ3) is 2.87.